The van der Waals surface area contributed by atoms with Crippen molar-refractivity contribution in [3.8, 4) is 0 Å². The van der Waals surface area contributed by atoms with Crippen LogP contribution in [0.2, 0.25) is 0 Å². The van der Waals surface area contributed by atoms with Gasteiger partial charge in [0.05, 0.1) is 6.21 Å². The number of amides is 1. The third kappa shape index (κ3) is 3.74. The summed E-state index contributed by atoms with van der Waals surface area (Å²) in [6.07, 6.45) is 7.38. The minimum absolute atomic E-state index is 0.241. The first kappa shape index (κ1) is 15.2. The molecule has 0 unspecified atom stereocenters. The Bertz CT molecular complexity index is 706. The minimum atomic E-state index is -0.241. The number of hydrazone groups is 1. The van der Waals surface area contributed by atoms with Crippen LogP contribution in [0.3, 0.4) is 0 Å². The molecule has 0 spiro atoms. The molecule has 23 heavy (non-hydrogen) atoms. The molecule has 1 aromatic carbocycles. The first-order chi connectivity index (χ1) is 11.2. The maximum atomic E-state index is 11.9. The molecule has 0 aliphatic carbocycles. The lowest BCUT2D eigenvalue weighted by Gasteiger charge is -2.18. The molecule has 5 nitrogen and oxygen atoms in total. The molecule has 2 heterocycles. The first-order valence-electron chi connectivity index (χ1n) is 7.83. The molecule has 1 fully saturated rings. The van der Waals surface area contributed by atoms with E-state index in [1.807, 2.05) is 6.07 Å². The van der Waals surface area contributed by atoms with E-state index in [9.17, 15) is 4.79 Å². The van der Waals surface area contributed by atoms with E-state index in [0.717, 1.165) is 24.2 Å². The lowest BCUT2D eigenvalue weighted by molar-refractivity contribution is 0.0955. The standard InChI is InChI=1S/C18H20N4O/c1-14-12-17(22-10-2-3-11-22)5-4-16(14)13-20-21-18(23)15-6-8-19-9-7-15/h4-9,12-13H,2-3,10-11H2,1H3,(H,21,23)/b20-13+. The highest BCUT2D eigenvalue weighted by molar-refractivity contribution is 5.94. The summed E-state index contributed by atoms with van der Waals surface area (Å²) in [4.78, 5) is 18.2. The first-order valence-corrected chi connectivity index (χ1v) is 7.83. The molecule has 3 rings (SSSR count). The molecule has 1 amide bonds. The smallest absolute Gasteiger partial charge is 0.271 e. The van der Waals surface area contributed by atoms with Crippen LogP contribution in [0.1, 0.15) is 34.3 Å². The number of pyridine rings is 1. The SMILES string of the molecule is Cc1cc(N2CCCC2)ccc1/C=N/NC(=O)c1ccncc1. The van der Waals surface area contributed by atoms with Gasteiger partial charge < -0.3 is 4.90 Å². The zero-order chi connectivity index (χ0) is 16.1. The van der Waals surface area contributed by atoms with Gasteiger partial charge in [0.1, 0.15) is 0 Å². The summed E-state index contributed by atoms with van der Waals surface area (Å²) in [5, 5.41) is 4.05. The summed E-state index contributed by atoms with van der Waals surface area (Å²) in [5.41, 5.74) is 6.49. The van der Waals surface area contributed by atoms with E-state index in [0.29, 0.717) is 5.56 Å². The van der Waals surface area contributed by atoms with Gasteiger partial charge in [-0.05, 0) is 55.2 Å². The van der Waals surface area contributed by atoms with Crippen molar-refractivity contribution in [3.05, 3.63) is 59.4 Å². The predicted molar refractivity (Wildman–Crippen MR) is 91.9 cm³/mol. The number of anilines is 1. The number of aryl methyl sites for hydroxylation is 1. The van der Waals surface area contributed by atoms with Gasteiger partial charge in [-0.2, -0.15) is 5.10 Å². The molecule has 1 aliphatic rings. The Hall–Kier alpha value is -2.69. The van der Waals surface area contributed by atoms with Gasteiger partial charge in [-0.25, -0.2) is 5.43 Å². The van der Waals surface area contributed by atoms with Crippen LogP contribution < -0.4 is 10.3 Å². The highest BCUT2D eigenvalue weighted by atomic mass is 16.2. The average Bonchev–Trinajstić information content (AvgIpc) is 3.11. The van der Waals surface area contributed by atoms with Crippen molar-refractivity contribution in [3.63, 3.8) is 0 Å². The number of hydrogen-bond acceptors (Lipinski definition) is 4. The van der Waals surface area contributed by atoms with E-state index in [2.05, 4.69) is 39.5 Å². The van der Waals surface area contributed by atoms with Crippen molar-refractivity contribution in [2.45, 2.75) is 19.8 Å². The average molecular weight is 308 g/mol. The topological polar surface area (TPSA) is 57.6 Å². The quantitative estimate of drug-likeness (QED) is 0.698. The second-order valence-electron chi connectivity index (χ2n) is 5.67. The molecule has 1 N–H and O–H groups in total. The van der Waals surface area contributed by atoms with E-state index in [-0.39, 0.29) is 5.91 Å². The van der Waals surface area contributed by atoms with E-state index < -0.39 is 0 Å². The Kier molecular flexibility index (Phi) is 4.66. The van der Waals surface area contributed by atoms with Crippen LogP contribution in [0, 0.1) is 6.92 Å². The summed E-state index contributed by atoms with van der Waals surface area (Å²) < 4.78 is 0. The zero-order valence-electron chi connectivity index (χ0n) is 13.2. The Morgan fingerprint density at radius 3 is 2.65 bits per heavy atom. The second-order valence-corrected chi connectivity index (χ2v) is 5.67. The fourth-order valence-corrected chi connectivity index (χ4v) is 2.71. The number of nitrogens with one attached hydrogen (secondary N) is 1. The van der Waals surface area contributed by atoms with Gasteiger partial charge in [-0.15, -0.1) is 0 Å². The highest BCUT2D eigenvalue weighted by Gasteiger charge is 2.12. The molecule has 2 aromatic rings. The molecular weight excluding hydrogens is 288 g/mol. The number of carbonyl (C=O) groups excluding carboxylic acids is 1. The Labute approximate surface area is 136 Å². The molecule has 0 bridgehead atoms. The lowest BCUT2D eigenvalue weighted by atomic mass is 10.1. The Balaban J connectivity index is 1.64. The van der Waals surface area contributed by atoms with E-state index in [4.69, 9.17) is 0 Å². The maximum Gasteiger partial charge on any atom is 0.271 e. The van der Waals surface area contributed by atoms with Crippen LogP contribution in [0.4, 0.5) is 5.69 Å². The van der Waals surface area contributed by atoms with Gasteiger partial charge in [0.15, 0.2) is 0 Å². The molecular formula is C18H20N4O. The van der Waals surface area contributed by atoms with E-state index in [1.165, 1.54) is 18.5 Å². The molecule has 1 saturated heterocycles. The highest BCUT2D eigenvalue weighted by Crippen LogP contribution is 2.22. The van der Waals surface area contributed by atoms with Gasteiger partial charge in [0, 0.05) is 36.7 Å². The third-order valence-electron chi connectivity index (χ3n) is 4.04. The van der Waals surface area contributed by atoms with Crippen LogP contribution in [0.15, 0.2) is 47.8 Å². The van der Waals surface area contributed by atoms with Crippen molar-refractivity contribution in [2.24, 2.45) is 5.10 Å². The van der Waals surface area contributed by atoms with Gasteiger partial charge >= 0.3 is 0 Å². The van der Waals surface area contributed by atoms with Crippen LogP contribution >= 0.6 is 0 Å². The molecule has 1 aliphatic heterocycles. The lowest BCUT2D eigenvalue weighted by Crippen LogP contribution is -2.18. The summed E-state index contributed by atoms with van der Waals surface area (Å²) in [5.74, 6) is -0.241. The summed E-state index contributed by atoms with van der Waals surface area (Å²) in [7, 11) is 0. The van der Waals surface area contributed by atoms with Crippen molar-refractivity contribution in [1.29, 1.82) is 0 Å². The number of nitrogens with zero attached hydrogens (tertiary/aromatic N) is 3. The van der Waals surface area contributed by atoms with Crippen molar-refractivity contribution >= 4 is 17.8 Å². The minimum Gasteiger partial charge on any atom is -0.372 e. The summed E-state index contributed by atoms with van der Waals surface area (Å²) in [6.45, 7) is 4.33. The monoisotopic (exact) mass is 308 g/mol. The van der Waals surface area contributed by atoms with Gasteiger partial charge in [0.25, 0.3) is 5.91 Å². The van der Waals surface area contributed by atoms with Crippen LogP contribution in [-0.2, 0) is 0 Å². The predicted octanol–water partition coefficient (Wildman–Crippen LogP) is 2.75. The van der Waals surface area contributed by atoms with Crippen molar-refractivity contribution in [1.82, 2.24) is 10.4 Å². The zero-order valence-corrected chi connectivity index (χ0v) is 13.2. The fraction of sp³-hybridized carbons (Fsp3) is 0.278. The number of carbonyl (C=O) groups is 1. The second kappa shape index (κ2) is 7.05. The number of benzene rings is 1. The molecule has 0 radical (unpaired) electrons. The maximum absolute atomic E-state index is 11.9. The van der Waals surface area contributed by atoms with E-state index >= 15 is 0 Å². The normalized spacial score (nSPS) is 14.4. The van der Waals surface area contributed by atoms with Crippen LogP contribution in [-0.4, -0.2) is 30.2 Å². The summed E-state index contributed by atoms with van der Waals surface area (Å²) in [6, 6.07) is 9.65. The van der Waals surface area contributed by atoms with Crippen molar-refractivity contribution in [2.75, 3.05) is 18.0 Å². The van der Waals surface area contributed by atoms with Gasteiger partial charge in [0.2, 0.25) is 0 Å². The van der Waals surface area contributed by atoms with Crippen LogP contribution in [0.25, 0.3) is 0 Å². The number of hydrogen-bond donors (Lipinski definition) is 1. The van der Waals surface area contributed by atoms with Crippen LogP contribution in [0.5, 0.6) is 0 Å². The largest absolute Gasteiger partial charge is 0.372 e. The number of aromatic nitrogens is 1. The Morgan fingerprint density at radius 2 is 1.96 bits per heavy atom. The van der Waals surface area contributed by atoms with E-state index in [1.54, 1.807) is 30.7 Å². The van der Waals surface area contributed by atoms with Gasteiger partial charge in [-0.1, -0.05) is 6.07 Å². The molecule has 118 valence electrons. The molecule has 0 atom stereocenters. The Morgan fingerprint density at radius 1 is 1.22 bits per heavy atom. The van der Waals surface area contributed by atoms with Gasteiger partial charge in [-0.3, -0.25) is 9.78 Å². The third-order valence-corrected chi connectivity index (χ3v) is 4.04. The molecule has 1 aromatic heterocycles. The fourth-order valence-electron chi connectivity index (χ4n) is 2.71. The summed E-state index contributed by atoms with van der Waals surface area (Å²) >= 11 is 0. The molecule has 5 heteroatoms. The van der Waals surface area contributed by atoms with Crippen molar-refractivity contribution < 1.29 is 4.79 Å². The molecule has 0 saturated carbocycles. The number of rotatable bonds is 4.